The lowest BCUT2D eigenvalue weighted by molar-refractivity contribution is -0.289. The van der Waals surface area contributed by atoms with E-state index >= 15 is 0 Å². The number of Topliss-reactive ketones (excluding diaryl/α,β-unsaturated/α-hetero) is 1. The summed E-state index contributed by atoms with van der Waals surface area (Å²) in [5.41, 5.74) is -1.50. The van der Waals surface area contributed by atoms with Crippen molar-refractivity contribution in [2.45, 2.75) is 49.1 Å². The molecule has 1 saturated carbocycles. The number of phenols is 6. The van der Waals surface area contributed by atoms with Gasteiger partial charge in [0.2, 0.25) is 17.8 Å². The predicted molar refractivity (Wildman–Crippen MR) is 131 cm³/mol. The number of aromatic hydroxyl groups is 6. The highest BCUT2D eigenvalue weighted by Gasteiger charge is 2.56. The number of aliphatic hydroxyl groups excluding tert-OH is 3. The van der Waals surface area contributed by atoms with Gasteiger partial charge in [0.1, 0.15) is 17.8 Å². The standard InChI is InChI=1S/C26H24O17/c27-5-12-18(34)22(20(36)26(40-12)43-23(37)6-1-2-9(28)16(32)15(6)31)42-25(39)8-4-11(30)21-14(8)13-7(24(38)41-21)3-10(29)17(33)19(13)35/h1-3,8,12,14,18,20-22,26-29,31-36H,4-5H2. The molecule has 0 radical (unpaired) electrons. The minimum Gasteiger partial charge on any atom is -0.504 e. The largest absolute Gasteiger partial charge is 0.504 e. The third-order valence-corrected chi connectivity index (χ3v) is 7.53. The number of esters is 3. The zero-order valence-corrected chi connectivity index (χ0v) is 21.6. The summed E-state index contributed by atoms with van der Waals surface area (Å²) < 4.78 is 20.6. The Bertz CT molecular complexity index is 1520. The molecule has 2 aromatic rings. The highest BCUT2D eigenvalue weighted by atomic mass is 16.7. The van der Waals surface area contributed by atoms with Crippen molar-refractivity contribution in [2.75, 3.05) is 6.61 Å². The van der Waals surface area contributed by atoms with Crippen molar-refractivity contribution in [3.8, 4) is 34.5 Å². The minimum absolute atomic E-state index is 0.380. The van der Waals surface area contributed by atoms with Crippen LogP contribution < -0.4 is 0 Å². The maximum absolute atomic E-state index is 13.4. The quantitative estimate of drug-likeness (QED) is 0.104. The molecule has 1 saturated heterocycles. The number of carbonyl (C=O) groups is 4. The molecule has 2 heterocycles. The number of aliphatic hydroxyl groups is 3. The molecule has 8 unspecified atom stereocenters. The lowest BCUT2D eigenvalue weighted by Gasteiger charge is -2.41. The van der Waals surface area contributed by atoms with E-state index in [0.717, 1.165) is 18.2 Å². The summed E-state index contributed by atoms with van der Waals surface area (Å²) in [4.78, 5) is 51.2. The van der Waals surface area contributed by atoms with Crippen LogP contribution in [0, 0.1) is 5.92 Å². The zero-order valence-electron chi connectivity index (χ0n) is 21.6. The summed E-state index contributed by atoms with van der Waals surface area (Å²) >= 11 is 0. The molecule has 9 N–H and O–H groups in total. The van der Waals surface area contributed by atoms with Gasteiger partial charge in [-0.2, -0.15) is 0 Å². The second-order valence-corrected chi connectivity index (χ2v) is 10.0. The Morgan fingerprint density at radius 1 is 0.884 bits per heavy atom. The molecular weight excluding hydrogens is 584 g/mol. The fraction of sp³-hybridized carbons (Fsp3) is 0.385. The molecule has 8 atom stereocenters. The fourth-order valence-electron chi connectivity index (χ4n) is 5.35. The Hall–Kier alpha value is -4.84. The maximum Gasteiger partial charge on any atom is 0.344 e. The average Bonchev–Trinajstić information content (AvgIpc) is 3.29. The SMILES string of the molecule is O=C(OC1OC(CO)C(O)C(OC(=O)C2CC(=O)C3OC(=O)c4cc(O)c(O)c(O)c4C23)C1O)c1ccc(O)c(O)c1O. The molecule has 3 aliphatic rings. The van der Waals surface area contributed by atoms with Crippen molar-refractivity contribution < 1.29 is 84.1 Å². The number of benzene rings is 2. The molecule has 43 heavy (non-hydrogen) atoms. The highest BCUT2D eigenvalue weighted by molar-refractivity contribution is 6.02. The number of fused-ring (bicyclic) bond motifs is 3. The Labute approximate surface area is 239 Å². The summed E-state index contributed by atoms with van der Waals surface area (Å²) in [7, 11) is 0. The normalized spacial score (nSPS) is 29.7. The highest BCUT2D eigenvalue weighted by Crippen LogP contribution is 2.52. The van der Waals surface area contributed by atoms with Gasteiger partial charge in [0.05, 0.1) is 18.1 Å². The lowest BCUT2D eigenvalue weighted by Crippen LogP contribution is -2.61. The van der Waals surface area contributed by atoms with Gasteiger partial charge >= 0.3 is 17.9 Å². The Balaban J connectivity index is 1.41. The summed E-state index contributed by atoms with van der Waals surface area (Å²) in [5.74, 6) is -13.3. The van der Waals surface area contributed by atoms with Crippen LogP contribution in [0.5, 0.6) is 34.5 Å². The van der Waals surface area contributed by atoms with Gasteiger partial charge in [-0.25, -0.2) is 9.59 Å². The van der Waals surface area contributed by atoms with Gasteiger partial charge < -0.3 is 64.9 Å². The molecule has 5 rings (SSSR count). The van der Waals surface area contributed by atoms with Crippen LogP contribution >= 0.6 is 0 Å². The summed E-state index contributed by atoms with van der Waals surface area (Å²) in [5, 5.41) is 90.6. The van der Waals surface area contributed by atoms with E-state index in [9.17, 15) is 65.1 Å². The van der Waals surface area contributed by atoms with Gasteiger partial charge in [-0.1, -0.05) is 0 Å². The minimum atomic E-state index is -2.14. The Kier molecular flexibility index (Phi) is 7.43. The zero-order chi connectivity index (χ0) is 31.5. The third kappa shape index (κ3) is 4.77. The molecule has 0 bridgehead atoms. The first-order valence-corrected chi connectivity index (χ1v) is 12.6. The van der Waals surface area contributed by atoms with Crippen LogP contribution in [0.3, 0.4) is 0 Å². The summed E-state index contributed by atoms with van der Waals surface area (Å²) in [6.07, 6.45) is -11.9. The van der Waals surface area contributed by atoms with Crippen LogP contribution in [0.15, 0.2) is 18.2 Å². The molecule has 1 aliphatic carbocycles. The van der Waals surface area contributed by atoms with Crippen LogP contribution in [-0.4, -0.2) is 113 Å². The van der Waals surface area contributed by atoms with Crippen LogP contribution in [0.25, 0.3) is 0 Å². The molecule has 17 nitrogen and oxygen atoms in total. The molecule has 2 aromatic carbocycles. The first-order valence-electron chi connectivity index (χ1n) is 12.6. The first kappa shape index (κ1) is 29.6. The van der Waals surface area contributed by atoms with Crippen molar-refractivity contribution in [3.05, 3.63) is 34.9 Å². The van der Waals surface area contributed by atoms with Crippen molar-refractivity contribution in [1.82, 2.24) is 0 Å². The van der Waals surface area contributed by atoms with Crippen LogP contribution in [0.2, 0.25) is 0 Å². The van der Waals surface area contributed by atoms with E-state index in [0.29, 0.717) is 0 Å². The molecule has 2 fully saturated rings. The second kappa shape index (κ2) is 10.8. The molecule has 0 aromatic heterocycles. The van der Waals surface area contributed by atoms with Gasteiger partial charge in [-0.3, -0.25) is 9.59 Å². The lowest BCUT2D eigenvalue weighted by atomic mass is 9.82. The second-order valence-electron chi connectivity index (χ2n) is 10.0. The molecule has 0 spiro atoms. The molecule has 230 valence electrons. The van der Waals surface area contributed by atoms with E-state index in [-0.39, 0.29) is 5.56 Å². The average molecular weight is 608 g/mol. The van der Waals surface area contributed by atoms with Crippen molar-refractivity contribution in [2.24, 2.45) is 5.92 Å². The summed E-state index contributed by atoms with van der Waals surface area (Å²) in [6.45, 7) is -0.937. The number of phenolic OH excluding ortho intramolecular Hbond substituents is 6. The Morgan fingerprint density at radius 2 is 1.56 bits per heavy atom. The third-order valence-electron chi connectivity index (χ3n) is 7.53. The van der Waals surface area contributed by atoms with Gasteiger partial charge in [0, 0.05) is 17.9 Å². The van der Waals surface area contributed by atoms with E-state index < -0.39 is 131 Å². The molecule has 17 heteroatoms. The number of hydrogen-bond acceptors (Lipinski definition) is 17. The monoisotopic (exact) mass is 608 g/mol. The number of carbonyl (C=O) groups excluding carboxylic acids is 4. The van der Waals surface area contributed by atoms with E-state index in [2.05, 4.69) is 0 Å². The van der Waals surface area contributed by atoms with Crippen molar-refractivity contribution >= 4 is 23.7 Å². The summed E-state index contributed by atoms with van der Waals surface area (Å²) in [6, 6.07) is 2.49. The first-order chi connectivity index (χ1) is 20.3. The van der Waals surface area contributed by atoms with Gasteiger partial charge in [0.25, 0.3) is 0 Å². The number of ether oxygens (including phenoxy) is 4. The van der Waals surface area contributed by atoms with E-state index in [1.165, 1.54) is 0 Å². The maximum atomic E-state index is 13.4. The van der Waals surface area contributed by atoms with Gasteiger partial charge in [0.15, 0.2) is 47.1 Å². The van der Waals surface area contributed by atoms with E-state index in [1.807, 2.05) is 0 Å². The van der Waals surface area contributed by atoms with Crippen LogP contribution in [0.4, 0.5) is 0 Å². The van der Waals surface area contributed by atoms with Gasteiger partial charge in [-0.05, 0) is 18.2 Å². The van der Waals surface area contributed by atoms with Gasteiger partial charge in [-0.15, -0.1) is 0 Å². The molecule has 2 aliphatic heterocycles. The van der Waals surface area contributed by atoms with E-state index in [4.69, 9.17) is 18.9 Å². The Morgan fingerprint density at radius 3 is 2.23 bits per heavy atom. The van der Waals surface area contributed by atoms with E-state index in [1.54, 1.807) is 0 Å². The number of rotatable bonds is 5. The molecule has 0 amide bonds. The fourth-order valence-corrected chi connectivity index (χ4v) is 5.35. The predicted octanol–water partition coefficient (Wildman–Crippen LogP) is -1.66. The van der Waals surface area contributed by atoms with Crippen molar-refractivity contribution in [1.29, 1.82) is 0 Å². The smallest absolute Gasteiger partial charge is 0.344 e. The molecular formula is C26H24O17. The van der Waals surface area contributed by atoms with Crippen LogP contribution in [-0.2, 0) is 28.5 Å². The number of ketones is 1. The number of hydrogen-bond donors (Lipinski definition) is 9. The van der Waals surface area contributed by atoms with Crippen molar-refractivity contribution in [3.63, 3.8) is 0 Å². The topological polar surface area (TPSA) is 287 Å². The van der Waals surface area contributed by atoms with Crippen LogP contribution in [0.1, 0.15) is 38.6 Å².